The largest absolute Gasteiger partial charge is 0.339 e. The van der Waals surface area contributed by atoms with E-state index in [0.717, 1.165) is 12.8 Å². The second kappa shape index (κ2) is 3.84. The zero-order valence-electron chi connectivity index (χ0n) is 9.24. The molecule has 2 aromatic rings. The fourth-order valence-corrected chi connectivity index (χ4v) is 2.29. The summed E-state index contributed by atoms with van der Waals surface area (Å²) in [6.07, 6.45) is 3.49. The van der Waals surface area contributed by atoms with Crippen LogP contribution in [0, 0.1) is 5.82 Å². The number of aromatic nitrogens is 2. The van der Waals surface area contributed by atoms with Gasteiger partial charge >= 0.3 is 0 Å². The van der Waals surface area contributed by atoms with Crippen LogP contribution < -0.4 is 0 Å². The van der Waals surface area contributed by atoms with Crippen molar-refractivity contribution >= 4 is 16.8 Å². The molecule has 0 aliphatic carbocycles. The predicted molar refractivity (Wildman–Crippen MR) is 61.2 cm³/mol. The summed E-state index contributed by atoms with van der Waals surface area (Å²) in [5, 5.41) is 7.15. The van der Waals surface area contributed by atoms with E-state index >= 15 is 0 Å². The zero-order chi connectivity index (χ0) is 11.8. The van der Waals surface area contributed by atoms with Crippen molar-refractivity contribution in [2.75, 3.05) is 13.1 Å². The first-order valence-corrected chi connectivity index (χ1v) is 5.68. The number of nitrogens with zero attached hydrogens (tertiary/aromatic N) is 2. The summed E-state index contributed by atoms with van der Waals surface area (Å²) in [5.74, 6) is -0.706. The first kappa shape index (κ1) is 10.3. The van der Waals surface area contributed by atoms with Crippen LogP contribution in [0.15, 0.2) is 18.3 Å². The third-order valence-electron chi connectivity index (χ3n) is 3.18. The number of aromatic amines is 1. The molecule has 17 heavy (non-hydrogen) atoms. The normalized spacial score (nSPS) is 15.7. The average molecular weight is 233 g/mol. The van der Waals surface area contributed by atoms with E-state index in [0.29, 0.717) is 24.0 Å². The van der Waals surface area contributed by atoms with Crippen LogP contribution in [0.2, 0.25) is 0 Å². The molecular formula is C12H12FN3O. The third kappa shape index (κ3) is 1.58. The number of hydrogen-bond donors (Lipinski definition) is 1. The van der Waals surface area contributed by atoms with Crippen molar-refractivity contribution in [3.05, 3.63) is 29.7 Å². The second-order valence-corrected chi connectivity index (χ2v) is 4.25. The lowest BCUT2D eigenvalue weighted by atomic mass is 10.1. The van der Waals surface area contributed by atoms with Gasteiger partial charge in [0.25, 0.3) is 5.91 Å². The molecule has 1 aliphatic rings. The Hall–Kier alpha value is -1.91. The van der Waals surface area contributed by atoms with Gasteiger partial charge in [-0.25, -0.2) is 4.39 Å². The second-order valence-electron chi connectivity index (χ2n) is 4.25. The van der Waals surface area contributed by atoms with Gasteiger partial charge in [-0.3, -0.25) is 9.89 Å². The summed E-state index contributed by atoms with van der Waals surface area (Å²) >= 11 is 0. The van der Waals surface area contributed by atoms with E-state index in [1.54, 1.807) is 11.0 Å². The minimum Gasteiger partial charge on any atom is -0.339 e. The van der Waals surface area contributed by atoms with E-state index < -0.39 is 5.82 Å². The molecule has 1 saturated heterocycles. The third-order valence-corrected chi connectivity index (χ3v) is 3.18. The van der Waals surface area contributed by atoms with Crippen molar-refractivity contribution in [3.63, 3.8) is 0 Å². The molecule has 0 unspecified atom stereocenters. The lowest BCUT2D eigenvalue weighted by Crippen LogP contribution is -2.28. The van der Waals surface area contributed by atoms with Crippen LogP contribution >= 0.6 is 0 Å². The monoisotopic (exact) mass is 233 g/mol. The van der Waals surface area contributed by atoms with E-state index in [2.05, 4.69) is 10.2 Å². The topological polar surface area (TPSA) is 49.0 Å². The van der Waals surface area contributed by atoms with Gasteiger partial charge in [-0.1, -0.05) is 0 Å². The molecule has 1 aromatic carbocycles. The van der Waals surface area contributed by atoms with Gasteiger partial charge < -0.3 is 4.90 Å². The molecule has 1 aromatic heterocycles. The number of H-pyrrole nitrogens is 1. The Morgan fingerprint density at radius 3 is 2.88 bits per heavy atom. The van der Waals surface area contributed by atoms with E-state index in [4.69, 9.17) is 0 Å². The maximum Gasteiger partial charge on any atom is 0.257 e. The number of rotatable bonds is 1. The number of halogens is 1. The quantitative estimate of drug-likeness (QED) is 0.818. The van der Waals surface area contributed by atoms with Gasteiger partial charge in [-0.05, 0) is 25.0 Å². The molecule has 1 amide bonds. The highest BCUT2D eigenvalue weighted by molar-refractivity contribution is 6.06. The number of benzene rings is 1. The van der Waals surface area contributed by atoms with Crippen LogP contribution in [0.1, 0.15) is 23.2 Å². The van der Waals surface area contributed by atoms with Crippen molar-refractivity contribution in [3.8, 4) is 0 Å². The molecule has 4 nitrogen and oxygen atoms in total. The van der Waals surface area contributed by atoms with E-state index in [1.165, 1.54) is 12.3 Å². The molecule has 1 aliphatic heterocycles. The van der Waals surface area contributed by atoms with Crippen molar-refractivity contribution in [2.45, 2.75) is 12.8 Å². The molecule has 1 N–H and O–H groups in total. The van der Waals surface area contributed by atoms with Crippen LogP contribution in [0.5, 0.6) is 0 Å². The first-order chi connectivity index (χ1) is 8.27. The summed E-state index contributed by atoms with van der Waals surface area (Å²) in [6, 6.07) is 2.91. The molecule has 0 saturated carbocycles. The summed E-state index contributed by atoms with van der Waals surface area (Å²) in [7, 11) is 0. The number of fused-ring (bicyclic) bond motifs is 1. The molecular weight excluding hydrogens is 221 g/mol. The Morgan fingerprint density at radius 1 is 1.35 bits per heavy atom. The van der Waals surface area contributed by atoms with Crippen LogP contribution in [0.4, 0.5) is 4.39 Å². The van der Waals surface area contributed by atoms with Crippen molar-refractivity contribution in [2.24, 2.45) is 0 Å². The maximum atomic E-state index is 13.8. The summed E-state index contributed by atoms with van der Waals surface area (Å²) in [5.41, 5.74) is 0.826. The van der Waals surface area contributed by atoms with Gasteiger partial charge in [0, 0.05) is 18.5 Å². The molecule has 0 spiro atoms. The molecule has 88 valence electrons. The summed E-state index contributed by atoms with van der Waals surface area (Å²) < 4.78 is 13.8. The van der Waals surface area contributed by atoms with Crippen molar-refractivity contribution in [1.82, 2.24) is 15.1 Å². The highest BCUT2D eigenvalue weighted by Gasteiger charge is 2.24. The van der Waals surface area contributed by atoms with Crippen LogP contribution in [0.25, 0.3) is 10.9 Å². The molecule has 0 atom stereocenters. The smallest absolute Gasteiger partial charge is 0.257 e. The van der Waals surface area contributed by atoms with Gasteiger partial charge in [0.2, 0.25) is 0 Å². The number of hydrogen-bond acceptors (Lipinski definition) is 2. The van der Waals surface area contributed by atoms with E-state index in [1.807, 2.05) is 0 Å². The molecule has 0 bridgehead atoms. The molecule has 0 radical (unpaired) electrons. The van der Waals surface area contributed by atoms with Crippen LogP contribution in [0.3, 0.4) is 0 Å². The first-order valence-electron chi connectivity index (χ1n) is 5.68. The van der Waals surface area contributed by atoms with Gasteiger partial charge in [-0.15, -0.1) is 0 Å². The lowest BCUT2D eigenvalue weighted by Gasteiger charge is -2.16. The number of nitrogens with one attached hydrogen (secondary N) is 1. The zero-order valence-corrected chi connectivity index (χ0v) is 9.24. The predicted octanol–water partition coefficient (Wildman–Crippen LogP) is 1.94. The lowest BCUT2D eigenvalue weighted by molar-refractivity contribution is 0.0790. The molecule has 2 heterocycles. The number of carbonyl (C=O) groups is 1. The Balaban J connectivity index is 2.11. The van der Waals surface area contributed by atoms with Gasteiger partial charge in [0.05, 0.1) is 17.3 Å². The number of amides is 1. The summed E-state index contributed by atoms with van der Waals surface area (Å²) in [6.45, 7) is 1.43. The highest BCUT2D eigenvalue weighted by atomic mass is 19.1. The van der Waals surface area contributed by atoms with Gasteiger partial charge in [0.15, 0.2) is 0 Å². The minimum absolute atomic E-state index is 0.137. The van der Waals surface area contributed by atoms with Crippen LogP contribution in [-0.4, -0.2) is 34.1 Å². The van der Waals surface area contributed by atoms with E-state index in [9.17, 15) is 9.18 Å². The SMILES string of the molecule is O=C(c1c(F)ccc2[nH]ncc12)N1CCCC1. The van der Waals surface area contributed by atoms with Crippen molar-refractivity contribution < 1.29 is 9.18 Å². The number of likely N-dealkylation sites (tertiary alicyclic amines) is 1. The maximum absolute atomic E-state index is 13.8. The molecule has 3 rings (SSSR count). The highest BCUT2D eigenvalue weighted by Crippen LogP contribution is 2.23. The molecule has 5 heteroatoms. The Bertz CT molecular complexity index is 572. The number of carbonyl (C=O) groups excluding carboxylic acids is 1. The van der Waals surface area contributed by atoms with Gasteiger partial charge in [-0.2, -0.15) is 5.10 Å². The van der Waals surface area contributed by atoms with Crippen LogP contribution in [-0.2, 0) is 0 Å². The van der Waals surface area contributed by atoms with E-state index in [-0.39, 0.29) is 11.5 Å². The standard InChI is InChI=1S/C12H12FN3O/c13-9-3-4-10-8(7-14-15-10)11(9)12(17)16-5-1-2-6-16/h3-4,7H,1-2,5-6H2,(H,14,15). The minimum atomic E-state index is -0.476. The Labute approximate surface area is 97.4 Å². The fourth-order valence-electron chi connectivity index (χ4n) is 2.29. The Morgan fingerprint density at radius 2 is 2.12 bits per heavy atom. The van der Waals surface area contributed by atoms with Crippen molar-refractivity contribution in [1.29, 1.82) is 0 Å². The molecule has 1 fully saturated rings. The van der Waals surface area contributed by atoms with Gasteiger partial charge in [0.1, 0.15) is 5.82 Å². The Kier molecular flexibility index (Phi) is 2.31. The average Bonchev–Trinajstić information content (AvgIpc) is 2.98. The summed E-state index contributed by atoms with van der Waals surface area (Å²) in [4.78, 5) is 13.9. The fraction of sp³-hybridized carbons (Fsp3) is 0.333.